The summed E-state index contributed by atoms with van der Waals surface area (Å²) in [5.41, 5.74) is 2.99. The Bertz CT molecular complexity index is 1290. The minimum absolute atomic E-state index is 0.196. The number of allylic oxidation sites excluding steroid dienone is 1. The molecule has 0 spiro atoms. The molecule has 0 radical (unpaired) electrons. The van der Waals surface area contributed by atoms with E-state index in [-0.39, 0.29) is 11.5 Å². The van der Waals surface area contributed by atoms with Crippen molar-refractivity contribution in [2.45, 2.75) is 6.54 Å². The molecular formula is C27H25NO7. The quantitative estimate of drug-likeness (QED) is 0.475. The highest BCUT2D eigenvalue weighted by Crippen LogP contribution is 2.44. The van der Waals surface area contributed by atoms with Crippen molar-refractivity contribution in [3.63, 3.8) is 0 Å². The fourth-order valence-corrected chi connectivity index (χ4v) is 4.25. The Balaban J connectivity index is 1.47. The van der Waals surface area contributed by atoms with Crippen LogP contribution in [0.1, 0.15) is 21.5 Å². The molecule has 0 unspecified atom stereocenters. The molecule has 0 bridgehead atoms. The lowest BCUT2D eigenvalue weighted by Gasteiger charge is -2.31. The van der Waals surface area contributed by atoms with E-state index < -0.39 is 0 Å². The maximum absolute atomic E-state index is 13.2. The summed E-state index contributed by atoms with van der Waals surface area (Å²) in [5, 5.41) is 0. The van der Waals surface area contributed by atoms with E-state index >= 15 is 0 Å². The second-order valence-corrected chi connectivity index (χ2v) is 7.99. The molecule has 3 aromatic rings. The molecule has 0 saturated carbocycles. The van der Waals surface area contributed by atoms with E-state index in [1.165, 1.54) is 0 Å². The van der Waals surface area contributed by atoms with Crippen LogP contribution in [-0.4, -0.2) is 41.0 Å². The number of methoxy groups -OCH3 is 4. The number of nitrogens with zero attached hydrogens (tertiary/aromatic N) is 1. The Kier molecular flexibility index (Phi) is 5.86. The molecule has 0 fully saturated rings. The first-order chi connectivity index (χ1) is 17.1. The Morgan fingerprint density at radius 2 is 1.60 bits per heavy atom. The summed E-state index contributed by atoms with van der Waals surface area (Å²) < 4.78 is 33.6. The standard InChI is InChI=1S/C27H25NO7/c1-30-18-7-5-17(6-8-18)28-14-20-21(34-15-28)10-9-19-25(29)22(35-26(19)20)11-16-12-23(31-2)27(33-4)24(13-16)32-3/h5-13H,14-15H2,1-4H3. The number of fused-ring (bicyclic) bond motifs is 3. The number of benzene rings is 3. The average molecular weight is 475 g/mol. The third-order valence-electron chi connectivity index (χ3n) is 6.05. The summed E-state index contributed by atoms with van der Waals surface area (Å²) in [7, 11) is 6.26. The summed E-state index contributed by atoms with van der Waals surface area (Å²) in [4.78, 5) is 15.3. The summed E-state index contributed by atoms with van der Waals surface area (Å²) in [6, 6.07) is 14.8. The minimum Gasteiger partial charge on any atom is -0.497 e. The molecule has 2 heterocycles. The van der Waals surface area contributed by atoms with Gasteiger partial charge in [0.05, 0.1) is 46.1 Å². The van der Waals surface area contributed by atoms with Crippen LogP contribution >= 0.6 is 0 Å². The Hall–Kier alpha value is -4.33. The lowest BCUT2D eigenvalue weighted by Crippen LogP contribution is -2.32. The van der Waals surface area contributed by atoms with Crippen LogP contribution in [0.5, 0.6) is 34.5 Å². The molecule has 0 saturated heterocycles. The van der Waals surface area contributed by atoms with Gasteiger partial charge in [-0.15, -0.1) is 0 Å². The van der Waals surface area contributed by atoms with Crippen molar-refractivity contribution >= 4 is 17.5 Å². The molecule has 2 aliphatic rings. The van der Waals surface area contributed by atoms with Gasteiger partial charge >= 0.3 is 0 Å². The average Bonchev–Trinajstić information content (AvgIpc) is 3.23. The number of carbonyl (C=O) groups excluding carboxylic acids is 1. The van der Waals surface area contributed by atoms with E-state index in [0.717, 1.165) is 17.0 Å². The number of rotatable bonds is 6. The number of ketones is 1. The third kappa shape index (κ3) is 3.97. The molecule has 0 aromatic heterocycles. The largest absolute Gasteiger partial charge is 0.497 e. The zero-order valence-corrected chi connectivity index (χ0v) is 19.9. The van der Waals surface area contributed by atoms with E-state index in [9.17, 15) is 4.79 Å². The van der Waals surface area contributed by atoms with E-state index in [1.54, 1.807) is 52.7 Å². The van der Waals surface area contributed by atoms with Crippen LogP contribution < -0.4 is 33.3 Å². The Labute approximate surface area is 203 Å². The van der Waals surface area contributed by atoms with Crippen molar-refractivity contribution in [1.29, 1.82) is 0 Å². The number of hydrogen-bond acceptors (Lipinski definition) is 8. The van der Waals surface area contributed by atoms with E-state index in [4.69, 9.17) is 28.4 Å². The molecule has 8 nitrogen and oxygen atoms in total. The van der Waals surface area contributed by atoms with Gasteiger partial charge < -0.3 is 33.3 Å². The number of ether oxygens (including phenoxy) is 6. The van der Waals surface area contributed by atoms with Gasteiger partial charge in [-0.1, -0.05) is 0 Å². The van der Waals surface area contributed by atoms with E-state index in [2.05, 4.69) is 4.90 Å². The highest BCUT2D eigenvalue weighted by molar-refractivity contribution is 6.15. The van der Waals surface area contributed by atoms with Crippen LogP contribution in [-0.2, 0) is 6.54 Å². The topological polar surface area (TPSA) is 75.7 Å². The summed E-state index contributed by atoms with van der Waals surface area (Å²) in [5.74, 6) is 3.47. The van der Waals surface area contributed by atoms with Crippen LogP contribution in [0.25, 0.3) is 6.08 Å². The van der Waals surface area contributed by atoms with Gasteiger partial charge in [0.25, 0.3) is 0 Å². The van der Waals surface area contributed by atoms with Crippen molar-refractivity contribution in [2.24, 2.45) is 0 Å². The first-order valence-electron chi connectivity index (χ1n) is 11.0. The molecular weight excluding hydrogens is 450 g/mol. The van der Waals surface area contributed by atoms with Crippen LogP contribution in [0.4, 0.5) is 5.69 Å². The summed E-state index contributed by atoms with van der Waals surface area (Å²) in [6.07, 6.45) is 1.67. The molecule has 8 heteroatoms. The van der Waals surface area contributed by atoms with Gasteiger partial charge in [0.15, 0.2) is 24.0 Å². The monoisotopic (exact) mass is 475 g/mol. The van der Waals surface area contributed by atoms with Crippen molar-refractivity contribution in [1.82, 2.24) is 0 Å². The van der Waals surface area contributed by atoms with E-state index in [1.807, 2.05) is 30.3 Å². The van der Waals surface area contributed by atoms with Gasteiger partial charge in [0.1, 0.15) is 17.2 Å². The highest BCUT2D eigenvalue weighted by atomic mass is 16.5. The first-order valence-corrected chi connectivity index (χ1v) is 11.0. The van der Waals surface area contributed by atoms with Crippen LogP contribution in [0.3, 0.4) is 0 Å². The molecule has 2 aliphatic heterocycles. The number of Topliss-reactive ketones (excluding diaryl/α,β-unsaturated/α-hetero) is 1. The lowest BCUT2D eigenvalue weighted by molar-refractivity contribution is 0.101. The van der Waals surface area contributed by atoms with Crippen LogP contribution in [0.15, 0.2) is 54.3 Å². The zero-order valence-electron chi connectivity index (χ0n) is 19.9. The molecule has 3 aromatic carbocycles. The number of carbonyl (C=O) groups is 1. The van der Waals surface area contributed by atoms with Gasteiger partial charge in [-0.3, -0.25) is 4.79 Å². The first kappa shape index (κ1) is 22.5. The van der Waals surface area contributed by atoms with Crippen molar-refractivity contribution in [3.05, 3.63) is 71.0 Å². The fraction of sp³-hybridized carbons (Fsp3) is 0.222. The molecule has 0 aliphatic carbocycles. The SMILES string of the molecule is COc1ccc(N2COc3ccc4c(c3C2)OC(=Cc2cc(OC)c(OC)c(OC)c2)C4=O)cc1. The predicted octanol–water partition coefficient (Wildman–Crippen LogP) is 4.69. The fourth-order valence-electron chi connectivity index (χ4n) is 4.25. The second kappa shape index (κ2) is 9.13. The maximum atomic E-state index is 13.2. The Morgan fingerprint density at radius 1 is 0.886 bits per heavy atom. The normalized spacial score (nSPS) is 15.1. The minimum atomic E-state index is -0.196. The van der Waals surface area contributed by atoms with Crippen LogP contribution in [0, 0.1) is 0 Å². The predicted molar refractivity (Wildman–Crippen MR) is 130 cm³/mol. The Morgan fingerprint density at radius 3 is 2.23 bits per heavy atom. The molecule has 0 atom stereocenters. The molecule has 180 valence electrons. The van der Waals surface area contributed by atoms with Crippen LogP contribution in [0.2, 0.25) is 0 Å². The summed E-state index contributed by atoms with van der Waals surface area (Å²) >= 11 is 0. The second-order valence-electron chi connectivity index (χ2n) is 7.99. The maximum Gasteiger partial charge on any atom is 0.231 e. The number of hydrogen-bond donors (Lipinski definition) is 0. The molecule has 0 N–H and O–H groups in total. The van der Waals surface area contributed by atoms with Gasteiger partial charge in [-0.25, -0.2) is 0 Å². The van der Waals surface area contributed by atoms with Crippen molar-refractivity contribution in [2.75, 3.05) is 40.1 Å². The van der Waals surface area contributed by atoms with Gasteiger partial charge in [0.2, 0.25) is 11.5 Å². The zero-order chi connectivity index (χ0) is 24.5. The number of anilines is 1. The lowest BCUT2D eigenvalue weighted by atomic mass is 10.0. The van der Waals surface area contributed by atoms with Gasteiger partial charge in [0, 0.05) is 5.69 Å². The molecule has 5 rings (SSSR count). The molecule has 0 amide bonds. The third-order valence-corrected chi connectivity index (χ3v) is 6.05. The van der Waals surface area contributed by atoms with Crippen molar-refractivity contribution < 1.29 is 33.2 Å². The van der Waals surface area contributed by atoms with Crippen molar-refractivity contribution in [3.8, 4) is 34.5 Å². The summed E-state index contributed by atoms with van der Waals surface area (Å²) in [6.45, 7) is 0.926. The molecule has 35 heavy (non-hydrogen) atoms. The van der Waals surface area contributed by atoms with Gasteiger partial charge in [-0.2, -0.15) is 0 Å². The van der Waals surface area contributed by atoms with Gasteiger partial charge in [-0.05, 0) is 60.2 Å². The van der Waals surface area contributed by atoms with E-state index in [0.29, 0.717) is 53.2 Å². The smallest absolute Gasteiger partial charge is 0.231 e. The highest BCUT2D eigenvalue weighted by Gasteiger charge is 2.34.